The normalized spacial score (nSPS) is 13.6. The molecule has 1 rings (SSSR count). The summed E-state index contributed by atoms with van der Waals surface area (Å²) in [7, 11) is -3.81. The van der Waals surface area contributed by atoms with Crippen molar-refractivity contribution in [1.82, 2.24) is 4.72 Å². The zero-order valence-corrected chi connectivity index (χ0v) is 11.9. The van der Waals surface area contributed by atoms with Crippen LogP contribution in [0.1, 0.15) is 16.6 Å². The summed E-state index contributed by atoms with van der Waals surface area (Å²) in [4.78, 5) is 10.5. The molecule has 17 heavy (non-hydrogen) atoms. The lowest BCUT2D eigenvalue weighted by atomic mass is 10.4. The Kier molecular flexibility index (Phi) is 4.67. The van der Waals surface area contributed by atoms with Crippen molar-refractivity contribution in [2.45, 2.75) is 17.9 Å². The van der Waals surface area contributed by atoms with Gasteiger partial charge in [0.05, 0.1) is 9.89 Å². The molecule has 6 nitrogen and oxygen atoms in total. The number of thiophene rings is 1. The first-order chi connectivity index (χ1) is 7.74. The fourth-order valence-corrected chi connectivity index (χ4v) is 4.47. The summed E-state index contributed by atoms with van der Waals surface area (Å²) in [5.41, 5.74) is 0. The van der Waals surface area contributed by atoms with E-state index in [1.807, 2.05) is 0 Å². The van der Waals surface area contributed by atoms with Crippen LogP contribution in [0.25, 0.3) is 0 Å². The summed E-state index contributed by atoms with van der Waals surface area (Å²) in [5, 5.41) is 17.7. The van der Waals surface area contributed by atoms with E-state index in [9.17, 15) is 13.2 Å². The van der Waals surface area contributed by atoms with Gasteiger partial charge in [-0.1, -0.05) is 0 Å². The van der Waals surface area contributed by atoms with E-state index in [-0.39, 0.29) is 20.1 Å². The third kappa shape index (κ3) is 3.75. The number of carboxylic acid groups (broad SMARTS) is 1. The number of rotatable bonds is 5. The molecular weight excluding hydrogens is 334 g/mol. The number of nitrogens with one attached hydrogen (secondary N) is 1. The van der Waals surface area contributed by atoms with Gasteiger partial charge in [0.15, 0.2) is 0 Å². The van der Waals surface area contributed by atoms with E-state index in [1.165, 1.54) is 6.92 Å². The van der Waals surface area contributed by atoms with Gasteiger partial charge in [0, 0.05) is 6.54 Å². The van der Waals surface area contributed by atoms with Crippen molar-refractivity contribution in [3.05, 3.63) is 14.7 Å². The van der Waals surface area contributed by atoms with Crippen LogP contribution in [0.3, 0.4) is 0 Å². The molecule has 0 aliphatic rings. The molecule has 1 aromatic rings. The zero-order valence-electron chi connectivity index (χ0n) is 8.68. The van der Waals surface area contributed by atoms with E-state index < -0.39 is 22.1 Å². The minimum Gasteiger partial charge on any atom is -0.477 e. The number of hydrogen-bond acceptors (Lipinski definition) is 5. The number of carbonyl (C=O) groups is 1. The van der Waals surface area contributed by atoms with Crippen LogP contribution in [0, 0.1) is 0 Å². The Balaban J connectivity index is 3.03. The van der Waals surface area contributed by atoms with Gasteiger partial charge in [-0.05, 0) is 28.9 Å². The predicted octanol–water partition coefficient (Wildman–Crippen LogP) is 0.868. The molecule has 1 atom stereocenters. The van der Waals surface area contributed by atoms with Gasteiger partial charge >= 0.3 is 5.97 Å². The van der Waals surface area contributed by atoms with Crippen molar-refractivity contribution in [2.75, 3.05) is 6.54 Å². The average molecular weight is 344 g/mol. The van der Waals surface area contributed by atoms with Crippen LogP contribution in [0.5, 0.6) is 0 Å². The van der Waals surface area contributed by atoms with Crippen molar-refractivity contribution in [3.8, 4) is 0 Å². The van der Waals surface area contributed by atoms with Gasteiger partial charge in [-0.2, -0.15) is 0 Å². The van der Waals surface area contributed by atoms with E-state index in [2.05, 4.69) is 20.7 Å². The predicted molar refractivity (Wildman–Crippen MR) is 65.8 cm³/mol. The van der Waals surface area contributed by atoms with Gasteiger partial charge in [-0.25, -0.2) is 17.9 Å². The molecule has 0 fully saturated rings. The van der Waals surface area contributed by atoms with Gasteiger partial charge in [-0.15, -0.1) is 11.3 Å². The maximum Gasteiger partial charge on any atom is 0.345 e. The van der Waals surface area contributed by atoms with E-state index in [4.69, 9.17) is 10.2 Å². The van der Waals surface area contributed by atoms with E-state index >= 15 is 0 Å². The zero-order chi connectivity index (χ0) is 13.2. The van der Waals surface area contributed by atoms with E-state index in [0.717, 1.165) is 17.4 Å². The summed E-state index contributed by atoms with van der Waals surface area (Å²) in [5.74, 6) is -1.19. The summed E-state index contributed by atoms with van der Waals surface area (Å²) < 4.78 is 25.9. The molecule has 0 saturated carbocycles. The highest BCUT2D eigenvalue weighted by Crippen LogP contribution is 2.31. The van der Waals surface area contributed by atoms with Crippen molar-refractivity contribution in [3.63, 3.8) is 0 Å². The van der Waals surface area contributed by atoms with Crippen molar-refractivity contribution in [2.24, 2.45) is 0 Å². The second kappa shape index (κ2) is 5.44. The molecule has 1 aromatic heterocycles. The Morgan fingerprint density at radius 1 is 1.65 bits per heavy atom. The first-order valence-corrected chi connectivity index (χ1v) is 7.53. The molecule has 1 heterocycles. The van der Waals surface area contributed by atoms with Gasteiger partial charge in [0.25, 0.3) is 0 Å². The van der Waals surface area contributed by atoms with Gasteiger partial charge in [0.1, 0.15) is 9.77 Å². The molecule has 0 aliphatic carbocycles. The molecule has 3 N–H and O–H groups in total. The third-order valence-electron chi connectivity index (χ3n) is 1.72. The maximum atomic E-state index is 11.8. The number of aliphatic hydroxyl groups excluding tert-OH is 1. The highest BCUT2D eigenvalue weighted by molar-refractivity contribution is 9.11. The molecule has 0 radical (unpaired) electrons. The second-order valence-electron chi connectivity index (χ2n) is 3.25. The first kappa shape index (κ1) is 14.6. The largest absolute Gasteiger partial charge is 0.477 e. The van der Waals surface area contributed by atoms with Crippen LogP contribution in [-0.4, -0.2) is 37.2 Å². The molecule has 9 heteroatoms. The summed E-state index contributed by atoms with van der Waals surface area (Å²) in [6, 6.07) is 1.07. The molecule has 0 unspecified atom stereocenters. The molecule has 0 amide bonds. The van der Waals surface area contributed by atoms with Crippen LogP contribution in [-0.2, 0) is 10.0 Å². The lowest BCUT2D eigenvalue weighted by molar-refractivity contribution is 0.0702. The number of sulfonamides is 1. The molecule has 0 spiro atoms. The number of hydrogen-bond donors (Lipinski definition) is 3. The highest BCUT2D eigenvalue weighted by Gasteiger charge is 2.23. The summed E-state index contributed by atoms with van der Waals surface area (Å²) in [6.45, 7) is 1.31. The minimum absolute atomic E-state index is 0.0747. The molecule has 96 valence electrons. The number of halogens is 1. The van der Waals surface area contributed by atoms with Crippen LogP contribution in [0.4, 0.5) is 0 Å². The molecule has 0 aliphatic heterocycles. The molecular formula is C8H10BrNO5S2. The van der Waals surface area contributed by atoms with Crippen LogP contribution in [0.2, 0.25) is 0 Å². The van der Waals surface area contributed by atoms with Gasteiger partial charge < -0.3 is 10.2 Å². The lowest BCUT2D eigenvalue weighted by Gasteiger charge is -2.07. The fraction of sp³-hybridized carbons (Fsp3) is 0.375. The minimum atomic E-state index is -3.81. The Morgan fingerprint density at radius 3 is 2.65 bits per heavy atom. The second-order valence-corrected chi connectivity index (χ2v) is 7.36. The standard InChI is InChI=1S/C8H10BrNO5S2/c1-4(11)3-10-17(14,15)6-2-5(8(12)13)16-7(6)9/h2,4,10-11H,3H2,1H3,(H,12,13)/t4-/m0/s1. The molecule has 0 bridgehead atoms. The number of aliphatic hydroxyl groups is 1. The quantitative estimate of drug-likeness (QED) is 0.735. The number of carboxylic acids is 1. The lowest BCUT2D eigenvalue weighted by Crippen LogP contribution is -2.30. The smallest absolute Gasteiger partial charge is 0.345 e. The average Bonchev–Trinajstić information content (AvgIpc) is 2.58. The van der Waals surface area contributed by atoms with Crippen molar-refractivity contribution < 1.29 is 23.4 Å². The van der Waals surface area contributed by atoms with E-state index in [1.54, 1.807) is 0 Å². The van der Waals surface area contributed by atoms with Gasteiger partial charge in [0.2, 0.25) is 10.0 Å². The van der Waals surface area contributed by atoms with Crippen LogP contribution >= 0.6 is 27.3 Å². The molecule has 0 saturated heterocycles. The highest BCUT2D eigenvalue weighted by atomic mass is 79.9. The number of aromatic carboxylic acids is 1. The summed E-state index contributed by atoms with van der Waals surface area (Å²) >= 11 is 3.82. The van der Waals surface area contributed by atoms with Gasteiger partial charge in [-0.3, -0.25) is 0 Å². The topological polar surface area (TPSA) is 104 Å². The first-order valence-electron chi connectivity index (χ1n) is 4.44. The Hall–Kier alpha value is -0.480. The third-order valence-corrected chi connectivity index (χ3v) is 5.39. The Morgan fingerprint density at radius 2 is 2.24 bits per heavy atom. The van der Waals surface area contributed by atoms with Crippen molar-refractivity contribution >= 4 is 43.3 Å². The van der Waals surface area contributed by atoms with Crippen molar-refractivity contribution in [1.29, 1.82) is 0 Å². The Bertz CT molecular complexity index is 522. The fourth-order valence-electron chi connectivity index (χ4n) is 0.949. The Labute approximate surface area is 110 Å². The SMILES string of the molecule is C[C@H](O)CNS(=O)(=O)c1cc(C(=O)O)sc1Br. The molecule has 0 aromatic carbocycles. The van der Waals surface area contributed by atoms with Crippen LogP contribution < -0.4 is 4.72 Å². The van der Waals surface area contributed by atoms with Crippen LogP contribution in [0.15, 0.2) is 14.7 Å². The van der Waals surface area contributed by atoms with E-state index in [0.29, 0.717) is 0 Å². The summed E-state index contributed by atoms with van der Waals surface area (Å²) in [6.07, 6.45) is -0.818. The monoisotopic (exact) mass is 343 g/mol. The maximum absolute atomic E-state index is 11.8.